The minimum Gasteiger partial charge on any atom is -0.395 e. The Balaban J connectivity index is 2.44. The van der Waals surface area contributed by atoms with Gasteiger partial charge in [0.2, 0.25) is 10.0 Å². The molecule has 1 heterocycles. The molecule has 1 atom stereocenters. The standard InChI is InChI=1S/C11H15N3O5S/c12-10-4-3-9(6-11(10)14(16)17)20(18,19)13-5-1-2-8(13)7-15/h3-4,6,8,15H,1-2,5,7,12H2. The van der Waals surface area contributed by atoms with E-state index in [0.29, 0.717) is 19.4 Å². The molecule has 8 nitrogen and oxygen atoms in total. The summed E-state index contributed by atoms with van der Waals surface area (Å²) in [5.74, 6) is 0. The molecule has 9 heteroatoms. The second-order valence-corrected chi connectivity index (χ2v) is 6.46. The molecule has 0 radical (unpaired) electrons. The summed E-state index contributed by atoms with van der Waals surface area (Å²) in [5.41, 5.74) is 4.92. The van der Waals surface area contributed by atoms with Crippen LogP contribution in [0.2, 0.25) is 0 Å². The van der Waals surface area contributed by atoms with Crippen LogP contribution in [0.25, 0.3) is 0 Å². The number of hydrogen-bond donors (Lipinski definition) is 2. The van der Waals surface area contributed by atoms with Crippen molar-refractivity contribution in [1.82, 2.24) is 4.31 Å². The number of nitrogens with zero attached hydrogens (tertiary/aromatic N) is 2. The molecule has 20 heavy (non-hydrogen) atoms. The highest BCUT2D eigenvalue weighted by atomic mass is 32.2. The molecule has 0 bridgehead atoms. The topological polar surface area (TPSA) is 127 Å². The number of hydrogen-bond acceptors (Lipinski definition) is 6. The summed E-state index contributed by atoms with van der Waals surface area (Å²) in [6, 6.07) is 2.92. The van der Waals surface area contributed by atoms with Gasteiger partial charge in [-0.2, -0.15) is 4.31 Å². The van der Waals surface area contributed by atoms with Crippen molar-refractivity contribution in [2.24, 2.45) is 0 Å². The number of aliphatic hydroxyl groups excluding tert-OH is 1. The molecule has 1 aromatic rings. The van der Waals surface area contributed by atoms with E-state index in [2.05, 4.69) is 0 Å². The molecule has 0 saturated carbocycles. The maximum absolute atomic E-state index is 12.4. The zero-order valence-electron chi connectivity index (χ0n) is 10.6. The Labute approximate surface area is 116 Å². The molecule has 1 fully saturated rings. The summed E-state index contributed by atoms with van der Waals surface area (Å²) in [7, 11) is -3.86. The minimum absolute atomic E-state index is 0.0888. The average Bonchev–Trinajstić information content (AvgIpc) is 2.87. The molecule has 1 saturated heterocycles. The van der Waals surface area contributed by atoms with E-state index in [1.165, 1.54) is 16.4 Å². The molecule has 0 spiro atoms. The first kappa shape index (κ1) is 14.7. The fourth-order valence-corrected chi connectivity index (χ4v) is 3.99. The van der Waals surface area contributed by atoms with Crippen LogP contribution in [0.5, 0.6) is 0 Å². The van der Waals surface area contributed by atoms with Crippen molar-refractivity contribution < 1.29 is 18.4 Å². The molecule has 3 N–H and O–H groups in total. The number of anilines is 1. The van der Waals surface area contributed by atoms with Gasteiger partial charge in [-0.05, 0) is 25.0 Å². The molecule has 1 aliphatic heterocycles. The van der Waals surface area contributed by atoms with E-state index in [9.17, 15) is 23.6 Å². The lowest BCUT2D eigenvalue weighted by Crippen LogP contribution is -2.37. The van der Waals surface area contributed by atoms with E-state index >= 15 is 0 Å². The molecule has 1 aliphatic rings. The lowest BCUT2D eigenvalue weighted by molar-refractivity contribution is -0.384. The van der Waals surface area contributed by atoms with Gasteiger partial charge in [-0.1, -0.05) is 0 Å². The van der Waals surface area contributed by atoms with E-state index in [-0.39, 0.29) is 17.2 Å². The zero-order chi connectivity index (χ0) is 14.9. The summed E-state index contributed by atoms with van der Waals surface area (Å²) < 4.78 is 26.1. The predicted molar refractivity (Wildman–Crippen MR) is 71.5 cm³/mol. The first-order valence-corrected chi connectivity index (χ1v) is 7.48. The molecule has 110 valence electrons. The third kappa shape index (κ3) is 2.47. The fourth-order valence-electron chi connectivity index (χ4n) is 2.29. The van der Waals surface area contributed by atoms with Crippen LogP contribution in [-0.4, -0.2) is 41.9 Å². The van der Waals surface area contributed by atoms with Crippen molar-refractivity contribution in [3.05, 3.63) is 28.3 Å². The van der Waals surface area contributed by atoms with Gasteiger partial charge in [0.05, 0.1) is 16.4 Å². The summed E-state index contributed by atoms with van der Waals surface area (Å²) in [6.45, 7) is 0.0298. The van der Waals surface area contributed by atoms with Crippen molar-refractivity contribution in [2.75, 3.05) is 18.9 Å². The average molecular weight is 301 g/mol. The molecule has 1 aromatic carbocycles. The van der Waals surface area contributed by atoms with Gasteiger partial charge in [0.25, 0.3) is 5.69 Å². The van der Waals surface area contributed by atoms with Gasteiger partial charge in [0.15, 0.2) is 0 Å². The summed E-state index contributed by atoms with van der Waals surface area (Å²) in [6.07, 6.45) is 1.23. The lowest BCUT2D eigenvalue weighted by Gasteiger charge is -2.22. The van der Waals surface area contributed by atoms with Gasteiger partial charge in [0.1, 0.15) is 5.69 Å². The van der Waals surface area contributed by atoms with Crippen LogP contribution >= 0.6 is 0 Å². The highest BCUT2D eigenvalue weighted by Gasteiger charge is 2.35. The number of rotatable bonds is 4. The third-order valence-corrected chi connectivity index (χ3v) is 5.29. The number of aliphatic hydroxyl groups is 1. The van der Waals surface area contributed by atoms with Crippen LogP contribution in [0.15, 0.2) is 23.1 Å². The molecule has 1 unspecified atom stereocenters. The van der Waals surface area contributed by atoms with Crippen molar-refractivity contribution in [2.45, 2.75) is 23.8 Å². The van der Waals surface area contributed by atoms with E-state index in [1.807, 2.05) is 0 Å². The van der Waals surface area contributed by atoms with E-state index in [1.54, 1.807) is 0 Å². The summed E-state index contributed by atoms with van der Waals surface area (Å²) >= 11 is 0. The van der Waals surface area contributed by atoms with Crippen LogP contribution in [-0.2, 0) is 10.0 Å². The molecule has 0 aliphatic carbocycles. The second kappa shape index (κ2) is 5.35. The van der Waals surface area contributed by atoms with Crippen LogP contribution in [0.4, 0.5) is 11.4 Å². The van der Waals surface area contributed by atoms with Gasteiger partial charge in [-0.25, -0.2) is 8.42 Å². The Kier molecular flexibility index (Phi) is 3.93. The second-order valence-electron chi connectivity index (χ2n) is 4.57. The summed E-state index contributed by atoms with van der Waals surface area (Å²) in [5, 5.41) is 20.0. The van der Waals surface area contributed by atoms with Crippen LogP contribution < -0.4 is 5.73 Å². The number of nitro groups is 1. The van der Waals surface area contributed by atoms with Gasteiger partial charge < -0.3 is 10.8 Å². The zero-order valence-corrected chi connectivity index (χ0v) is 11.4. The quantitative estimate of drug-likeness (QED) is 0.468. The van der Waals surface area contributed by atoms with Crippen LogP contribution in [0.3, 0.4) is 0 Å². The smallest absolute Gasteiger partial charge is 0.293 e. The number of nitro benzene ring substituents is 1. The highest BCUT2D eigenvalue weighted by molar-refractivity contribution is 7.89. The van der Waals surface area contributed by atoms with Gasteiger partial charge in [-0.15, -0.1) is 0 Å². The molecule has 2 rings (SSSR count). The predicted octanol–water partition coefficient (Wildman–Crippen LogP) is 0.322. The largest absolute Gasteiger partial charge is 0.395 e. The molecule has 0 amide bonds. The van der Waals surface area contributed by atoms with E-state index in [0.717, 1.165) is 6.07 Å². The number of nitrogens with two attached hydrogens (primary N) is 1. The Morgan fingerprint density at radius 1 is 1.50 bits per heavy atom. The maximum atomic E-state index is 12.4. The third-order valence-electron chi connectivity index (χ3n) is 3.34. The fraction of sp³-hybridized carbons (Fsp3) is 0.455. The maximum Gasteiger partial charge on any atom is 0.293 e. The normalized spacial score (nSPS) is 20.1. The number of sulfonamides is 1. The number of nitrogen functional groups attached to an aromatic ring is 1. The Hall–Kier alpha value is -1.71. The highest BCUT2D eigenvalue weighted by Crippen LogP contribution is 2.30. The Morgan fingerprint density at radius 2 is 2.20 bits per heavy atom. The minimum atomic E-state index is -3.86. The van der Waals surface area contributed by atoms with Crippen LogP contribution in [0.1, 0.15) is 12.8 Å². The van der Waals surface area contributed by atoms with Crippen molar-refractivity contribution in [3.8, 4) is 0 Å². The van der Waals surface area contributed by atoms with Crippen molar-refractivity contribution in [1.29, 1.82) is 0 Å². The Bertz CT molecular complexity index is 631. The van der Waals surface area contributed by atoms with Crippen molar-refractivity contribution in [3.63, 3.8) is 0 Å². The van der Waals surface area contributed by atoms with Gasteiger partial charge >= 0.3 is 0 Å². The first-order chi connectivity index (χ1) is 9.37. The monoisotopic (exact) mass is 301 g/mol. The molecular formula is C11H15N3O5S. The Morgan fingerprint density at radius 3 is 2.80 bits per heavy atom. The molecule has 0 aromatic heterocycles. The SMILES string of the molecule is Nc1ccc(S(=O)(=O)N2CCCC2CO)cc1[N+](=O)[O-]. The molecular weight excluding hydrogens is 286 g/mol. The van der Waals surface area contributed by atoms with Crippen LogP contribution in [0, 0.1) is 10.1 Å². The van der Waals surface area contributed by atoms with E-state index < -0.39 is 26.7 Å². The number of benzene rings is 1. The lowest BCUT2D eigenvalue weighted by atomic mass is 10.2. The van der Waals surface area contributed by atoms with Gasteiger partial charge in [0, 0.05) is 18.7 Å². The van der Waals surface area contributed by atoms with E-state index in [4.69, 9.17) is 5.73 Å². The van der Waals surface area contributed by atoms with Crippen molar-refractivity contribution >= 4 is 21.4 Å². The van der Waals surface area contributed by atoms with Gasteiger partial charge in [-0.3, -0.25) is 10.1 Å². The summed E-state index contributed by atoms with van der Waals surface area (Å²) in [4.78, 5) is 9.92. The first-order valence-electron chi connectivity index (χ1n) is 6.04.